The molecule has 110 valence electrons. The number of benzene rings is 1. The molecule has 2 unspecified atom stereocenters. The number of likely N-dealkylation sites (tertiary alicyclic amines) is 1. The third-order valence-electron chi connectivity index (χ3n) is 4.03. The SMILES string of the molecule is Cc1ccc(C(CN2CC(CS)CC2=O)N(C)C)cc1. The third-order valence-corrected chi connectivity index (χ3v) is 4.55. The molecule has 1 heterocycles. The van der Waals surface area contributed by atoms with Crippen LogP contribution in [-0.2, 0) is 4.79 Å². The van der Waals surface area contributed by atoms with E-state index in [0.717, 1.165) is 18.8 Å². The Bertz CT molecular complexity index is 458. The minimum Gasteiger partial charge on any atom is -0.340 e. The first-order chi connectivity index (χ1) is 9.51. The van der Waals surface area contributed by atoms with Gasteiger partial charge in [0.05, 0.1) is 6.04 Å². The van der Waals surface area contributed by atoms with Crippen molar-refractivity contribution in [2.45, 2.75) is 19.4 Å². The molecule has 4 heteroatoms. The number of thiol groups is 1. The molecule has 1 aliphatic heterocycles. The Labute approximate surface area is 127 Å². The van der Waals surface area contributed by atoms with Crippen molar-refractivity contribution in [2.24, 2.45) is 5.92 Å². The van der Waals surface area contributed by atoms with E-state index in [1.165, 1.54) is 11.1 Å². The van der Waals surface area contributed by atoms with Crippen LogP contribution < -0.4 is 0 Å². The highest BCUT2D eigenvalue weighted by Crippen LogP contribution is 2.25. The summed E-state index contributed by atoms with van der Waals surface area (Å²) >= 11 is 4.32. The Morgan fingerprint density at radius 1 is 1.35 bits per heavy atom. The van der Waals surface area contributed by atoms with Crippen LogP contribution in [0.4, 0.5) is 0 Å². The summed E-state index contributed by atoms with van der Waals surface area (Å²) in [6, 6.07) is 8.84. The standard InChI is InChI=1S/C16H24N2OS/c1-12-4-6-14(7-5-12)15(17(2)3)10-18-9-13(11-20)8-16(18)19/h4-7,13,15,20H,8-11H2,1-3H3. The van der Waals surface area contributed by atoms with Crippen LogP contribution in [-0.4, -0.2) is 48.6 Å². The first kappa shape index (κ1) is 15.4. The Morgan fingerprint density at radius 2 is 2.00 bits per heavy atom. The van der Waals surface area contributed by atoms with Crippen LogP contribution in [0.1, 0.15) is 23.6 Å². The summed E-state index contributed by atoms with van der Waals surface area (Å²) in [4.78, 5) is 16.2. The van der Waals surface area contributed by atoms with Gasteiger partial charge < -0.3 is 9.80 Å². The molecule has 3 nitrogen and oxygen atoms in total. The number of carbonyl (C=O) groups is 1. The van der Waals surface area contributed by atoms with E-state index in [9.17, 15) is 4.79 Å². The Morgan fingerprint density at radius 3 is 2.50 bits per heavy atom. The van der Waals surface area contributed by atoms with Crippen LogP contribution >= 0.6 is 12.6 Å². The second-order valence-corrected chi connectivity index (χ2v) is 6.31. The van der Waals surface area contributed by atoms with Crippen molar-refractivity contribution in [3.63, 3.8) is 0 Å². The quantitative estimate of drug-likeness (QED) is 0.842. The maximum absolute atomic E-state index is 12.1. The van der Waals surface area contributed by atoms with Gasteiger partial charge in [0.15, 0.2) is 0 Å². The minimum absolute atomic E-state index is 0.248. The van der Waals surface area contributed by atoms with Crippen molar-refractivity contribution in [3.8, 4) is 0 Å². The van der Waals surface area contributed by atoms with E-state index in [4.69, 9.17) is 0 Å². The molecule has 0 aliphatic carbocycles. The molecule has 2 rings (SSSR count). The number of hydrogen-bond acceptors (Lipinski definition) is 3. The molecular weight excluding hydrogens is 268 g/mol. The minimum atomic E-state index is 0.248. The number of likely N-dealkylation sites (N-methyl/N-ethyl adjacent to an activating group) is 1. The molecule has 0 aromatic heterocycles. The summed E-state index contributed by atoms with van der Waals surface area (Å²) in [6.07, 6.45) is 0.650. The van der Waals surface area contributed by atoms with E-state index in [1.54, 1.807) is 0 Å². The van der Waals surface area contributed by atoms with Gasteiger partial charge in [0.2, 0.25) is 5.91 Å². The number of carbonyl (C=O) groups excluding carboxylic acids is 1. The molecular formula is C16H24N2OS. The van der Waals surface area contributed by atoms with E-state index in [1.807, 2.05) is 4.90 Å². The van der Waals surface area contributed by atoms with Crippen molar-refractivity contribution in [2.75, 3.05) is 32.9 Å². The Kier molecular flexibility index (Phi) is 5.11. The first-order valence-electron chi connectivity index (χ1n) is 7.13. The molecule has 1 aliphatic rings. The van der Waals surface area contributed by atoms with Gasteiger partial charge in [-0.1, -0.05) is 29.8 Å². The van der Waals surface area contributed by atoms with Gasteiger partial charge in [0, 0.05) is 19.5 Å². The number of aryl methyl sites for hydroxylation is 1. The molecule has 1 amide bonds. The van der Waals surface area contributed by atoms with E-state index < -0.39 is 0 Å². The molecule has 1 saturated heterocycles. The summed E-state index contributed by atoms with van der Waals surface area (Å²) in [5.41, 5.74) is 2.53. The van der Waals surface area contributed by atoms with Crippen molar-refractivity contribution in [3.05, 3.63) is 35.4 Å². The number of amides is 1. The van der Waals surface area contributed by atoms with Crippen molar-refractivity contribution < 1.29 is 4.79 Å². The second kappa shape index (κ2) is 6.64. The monoisotopic (exact) mass is 292 g/mol. The molecule has 20 heavy (non-hydrogen) atoms. The molecule has 0 bridgehead atoms. The summed E-state index contributed by atoms with van der Waals surface area (Å²) in [7, 11) is 4.14. The largest absolute Gasteiger partial charge is 0.340 e. The summed E-state index contributed by atoms with van der Waals surface area (Å²) < 4.78 is 0. The smallest absolute Gasteiger partial charge is 0.223 e. The number of hydrogen-bond donors (Lipinski definition) is 1. The molecule has 0 saturated carbocycles. The van der Waals surface area contributed by atoms with Crippen LogP contribution in [0.2, 0.25) is 0 Å². The average Bonchev–Trinajstić information content (AvgIpc) is 2.77. The van der Waals surface area contributed by atoms with Gasteiger partial charge in [-0.25, -0.2) is 0 Å². The molecule has 1 aromatic carbocycles. The Balaban J connectivity index is 2.10. The summed E-state index contributed by atoms with van der Waals surface area (Å²) in [5.74, 6) is 1.47. The fourth-order valence-electron chi connectivity index (χ4n) is 2.72. The lowest BCUT2D eigenvalue weighted by Crippen LogP contribution is -2.35. The fourth-order valence-corrected chi connectivity index (χ4v) is 2.96. The zero-order valence-electron chi connectivity index (χ0n) is 12.5. The normalized spacial score (nSPS) is 20.8. The van der Waals surface area contributed by atoms with Gasteiger partial charge >= 0.3 is 0 Å². The fraction of sp³-hybridized carbons (Fsp3) is 0.562. The molecule has 0 spiro atoms. The summed E-state index contributed by atoms with van der Waals surface area (Å²) in [6.45, 7) is 3.70. The maximum Gasteiger partial charge on any atom is 0.223 e. The van der Waals surface area contributed by atoms with Crippen LogP contribution in [0.5, 0.6) is 0 Å². The van der Waals surface area contributed by atoms with Gasteiger partial charge in [-0.15, -0.1) is 0 Å². The second-order valence-electron chi connectivity index (χ2n) is 5.94. The van der Waals surface area contributed by atoms with Crippen molar-refractivity contribution in [1.82, 2.24) is 9.80 Å². The molecule has 0 N–H and O–H groups in total. The average molecular weight is 292 g/mol. The summed E-state index contributed by atoms with van der Waals surface area (Å²) in [5, 5.41) is 0. The van der Waals surface area contributed by atoms with Crippen molar-refractivity contribution >= 4 is 18.5 Å². The van der Waals surface area contributed by atoms with E-state index >= 15 is 0 Å². The van der Waals surface area contributed by atoms with Gasteiger partial charge in [0.1, 0.15) is 0 Å². The molecule has 1 aromatic rings. The predicted molar refractivity (Wildman–Crippen MR) is 86.1 cm³/mol. The van der Waals surface area contributed by atoms with Gasteiger partial charge in [0.25, 0.3) is 0 Å². The lowest BCUT2D eigenvalue weighted by Gasteiger charge is -2.29. The van der Waals surface area contributed by atoms with Gasteiger partial charge in [-0.2, -0.15) is 12.6 Å². The van der Waals surface area contributed by atoms with Crippen LogP contribution in [0.25, 0.3) is 0 Å². The van der Waals surface area contributed by atoms with Gasteiger partial charge in [-0.3, -0.25) is 4.79 Å². The first-order valence-corrected chi connectivity index (χ1v) is 7.76. The number of rotatable bonds is 5. The highest BCUT2D eigenvalue weighted by Gasteiger charge is 2.31. The molecule has 1 fully saturated rings. The highest BCUT2D eigenvalue weighted by molar-refractivity contribution is 7.80. The zero-order valence-corrected chi connectivity index (χ0v) is 13.4. The van der Waals surface area contributed by atoms with E-state index in [-0.39, 0.29) is 11.9 Å². The molecule has 0 radical (unpaired) electrons. The zero-order chi connectivity index (χ0) is 14.7. The van der Waals surface area contributed by atoms with Crippen molar-refractivity contribution in [1.29, 1.82) is 0 Å². The maximum atomic E-state index is 12.1. The highest BCUT2D eigenvalue weighted by atomic mass is 32.1. The van der Waals surface area contributed by atoms with E-state index in [0.29, 0.717) is 12.3 Å². The lowest BCUT2D eigenvalue weighted by atomic mass is 10.0. The number of nitrogens with zero attached hydrogens (tertiary/aromatic N) is 2. The third kappa shape index (κ3) is 3.55. The van der Waals surface area contributed by atoms with Crippen LogP contribution in [0.15, 0.2) is 24.3 Å². The Hall–Kier alpha value is -1.00. The predicted octanol–water partition coefficient (Wildman–Crippen LogP) is 2.38. The van der Waals surface area contributed by atoms with Crippen LogP contribution in [0.3, 0.4) is 0 Å². The van der Waals surface area contributed by atoms with E-state index in [2.05, 4.69) is 62.8 Å². The van der Waals surface area contributed by atoms with Gasteiger partial charge in [-0.05, 0) is 38.3 Å². The van der Waals surface area contributed by atoms with Crippen LogP contribution in [0, 0.1) is 12.8 Å². The molecule has 2 atom stereocenters. The topological polar surface area (TPSA) is 23.6 Å². The lowest BCUT2D eigenvalue weighted by molar-refractivity contribution is -0.128.